The van der Waals surface area contributed by atoms with Crippen molar-refractivity contribution in [2.75, 3.05) is 0 Å². The zero-order valence-electron chi connectivity index (χ0n) is 10.7. The number of nitrogens with zero attached hydrogens (tertiary/aromatic N) is 2. The summed E-state index contributed by atoms with van der Waals surface area (Å²) in [5, 5.41) is 0. The highest BCUT2D eigenvalue weighted by Crippen LogP contribution is 2.20. The van der Waals surface area contributed by atoms with Crippen molar-refractivity contribution >= 4 is 17.9 Å². The molecule has 3 rings (SSSR count). The lowest BCUT2D eigenvalue weighted by Crippen LogP contribution is -2.07. The number of ether oxygens (including phenoxy) is 1. The largest absolute Gasteiger partial charge is 0.402 e. The van der Waals surface area contributed by atoms with E-state index < -0.39 is 11.8 Å². The van der Waals surface area contributed by atoms with E-state index in [-0.39, 0.29) is 17.2 Å². The minimum absolute atomic E-state index is 0.00596. The van der Waals surface area contributed by atoms with E-state index in [0.29, 0.717) is 0 Å². The molecule has 0 aliphatic carbocycles. The molecular weight excluding hydrogens is 259 g/mol. The van der Waals surface area contributed by atoms with Crippen LogP contribution in [0.15, 0.2) is 53.3 Å². The van der Waals surface area contributed by atoms with Crippen LogP contribution < -0.4 is 0 Å². The Morgan fingerprint density at radius 2 is 2.05 bits per heavy atom. The van der Waals surface area contributed by atoms with Gasteiger partial charge in [0, 0.05) is 18.9 Å². The Balaban J connectivity index is 2.00. The number of aryl methyl sites for hydroxylation is 1. The first-order valence-electron chi connectivity index (χ1n) is 6.04. The number of cyclic esters (lactones) is 1. The average molecular weight is 270 g/mol. The molecule has 5 heteroatoms. The van der Waals surface area contributed by atoms with Gasteiger partial charge in [-0.25, -0.2) is 14.2 Å². The molecule has 1 aliphatic heterocycles. The van der Waals surface area contributed by atoms with Gasteiger partial charge in [0.25, 0.3) is 0 Å². The number of carbonyl (C=O) groups is 1. The summed E-state index contributed by atoms with van der Waals surface area (Å²) in [4.78, 5) is 15.8. The Morgan fingerprint density at radius 1 is 1.25 bits per heavy atom. The maximum Gasteiger partial charge on any atom is 0.363 e. The summed E-state index contributed by atoms with van der Waals surface area (Å²) in [6, 6.07) is 9.74. The molecule has 0 bridgehead atoms. The molecule has 4 nitrogen and oxygen atoms in total. The Bertz CT molecular complexity index is 744. The molecule has 1 aromatic heterocycles. The summed E-state index contributed by atoms with van der Waals surface area (Å²) in [5.41, 5.74) is 1.15. The van der Waals surface area contributed by atoms with Crippen LogP contribution in [0.25, 0.3) is 6.08 Å². The number of halogens is 1. The molecule has 0 amide bonds. The van der Waals surface area contributed by atoms with Crippen LogP contribution in [0.4, 0.5) is 4.39 Å². The molecule has 2 heterocycles. The first-order valence-corrected chi connectivity index (χ1v) is 6.04. The van der Waals surface area contributed by atoms with Gasteiger partial charge < -0.3 is 9.30 Å². The highest BCUT2D eigenvalue weighted by molar-refractivity contribution is 6.12. The van der Waals surface area contributed by atoms with Crippen molar-refractivity contribution in [3.8, 4) is 0 Å². The third kappa shape index (κ3) is 2.14. The first-order chi connectivity index (χ1) is 9.65. The molecule has 100 valence electrons. The third-order valence-corrected chi connectivity index (χ3v) is 2.99. The quantitative estimate of drug-likeness (QED) is 0.621. The van der Waals surface area contributed by atoms with Gasteiger partial charge in [-0.1, -0.05) is 12.1 Å². The fourth-order valence-electron chi connectivity index (χ4n) is 1.92. The van der Waals surface area contributed by atoms with Crippen LogP contribution in [0.3, 0.4) is 0 Å². The van der Waals surface area contributed by atoms with Crippen LogP contribution >= 0.6 is 0 Å². The van der Waals surface area contributed by atoms with Gasteiger partial charge in [-0.2, -0.15) is 0 Å². The first kappa shape index (κ1) is 12.3. The van der Waals surface area contributed by atoms with E-state index in [0.717, 1.165) is 5.69 Å². The minimum Gasteiger partial charge on any atom is -0.402 e. The highest BCUT2D eigenvalue weighted by atomic mass is 19.1. The molecule has 0 saturated heterocycles. The molecule has 0 saturated carbocycles. The van der Waals surface area contributed by atoms with E-state index >= 15 is 0 Å². The minimum atomic E-state index is -0.579. The van der Waals surface area contributed by atoms with Crippen molar-refractivity contribution in [3.63, 3.8) is 0 Å². The van der Waals surface area contributed by atoms with Crippen molar-refractivity contribution in [1.29, 1.82) is 0 Å². The molecule has 1 aromatic carbocycles. The van der Waals surface area contributed by atoms with Crippen molar-refractivity contribution < 1.29 is 13.9 Å². The van der Waals surface area contributed by atoms with Crippen molar-refractivity contribution in [2.45, 2.75) is 0 Å². The van der Waals surface area contributed by atoms with Crippen molar-refractivity contribution in [2.24, 2.45) is 12.0 Å². The highest BCUT2D eigenvalue weighted by Gasteiger charge is 2.26. The molecule has 0 unspecified atom stereocenters. The summed E-state index contributed by atoms with van der Waals surface area (Å²) in [7, 11) is 1.86. The SMILES string of the molecule is Cn1cccc1/C=C1/N=C(c2ccccc2F)OC1=O. The fraction of sp³-hybridized carbons (Fsp3) is 0.0667. The smallest absolute Gasteiger partial charge is 0.363 e. The zero-order chi connectivity index (χ0) is 14.1. The lowest BCUT2D eigenvalue weighted by atomic mass is 10.2. The Hall–Kier alpha value is -2.69. The van der Waals surface area contributed by atoms with E-state index in [1.54, 1.807) is 18.2 Å². The standard InChI is InChI=1S/C15H11FN2O2/c1-18-8-4-5-10(18)9-13-15(19)20-14(17-13)11-6-2-3-7-12(11)16/h2-9H,1H3/b13-9+. The molecule has 0 spiro atoms. The number of esters is 1. The predicted molar refractivity (Wildman–Crippen MR) is 72.4 cm³/mol. The van der Waals surface area contributed by atoms with Crippen LogP contribution in [0.1, 0.15) is 11.3 Å². The van der Waals surface area contributed by atoms with Gasteiger partial charge in [-0.15, -0.1) is 0 Å². The van der Waals surface area contributed by atoms with Gasteiger partial charge in [-0.05, 0) is 30.3 Å². The summed E-state index contributed by atoms with van der Waals surface area (Å²) >= 11 is 0. The molecule has 0 N–H and O–H groups in total. The lowest BCUT2D eigenvalue weighted by Gasteiger charge is -1.99. The van der Waals surface area contributed by atoms with Crippen LogP contribution in [-0.4, -0.2) is 16.4 Å². The maximum absolute atomic E-state index is 13.6. The average Bonchev–Trinajstić information content (AvgIpc) is 2.98. The lowest BCUT2D eigenvalue weighted by molar-refractivity contribution is -0.129. The number of aliphatic imine (C=N–C) groups is 1. The predicted octanol–water partition coefficient (Wildman–Crippen LogP) is 2.51. The number of aromatic nitrogens is 1. The molecule has 1 aliphatic rings. The number of carbonyl (C=O) groups excluding carboxylic acids is 1. The third-order valence-electron chi connectivity index (χ3n) is 2.99. The van der Waals surface area contributed by atoms with Crippen LogP contribution in [-0.2, 0) is 16.6 Å². The summed E-state index contributed by atoms with van der Waals surface area (Å²) in [6.07, 6.45) is 3.46. The molecule has 2 aromatic rings. The van der Waals surface area contributed by atoms with E-state index in [1.165, 1.54) is 12.1 Å². The Morgan fingerprint density at radius 3 is 2.75 bits per heavy atom. The van der Waals surface area contributed by atoms with Gasteiger partial charge >= 0.3 is 5.97 Å². The van der Waals surface area contributed by atoms with E-state index in [1.807, 2.05) is 29.9 Å². The van der Waals surface area contributed by atoms with Crippen LogP contribution in [0, 0.1) is 5.82 Å². The summed E-state index contributed by atoms with van der Waals surface area (Å²) in [6.45, 7) is 0. The Kier molecular flexibility index (Phi) is 2.95. The van der Waals surface area contributed by atoms with Gasteiger partial charge in [0.05, 0.1) is 5.56 Å². The molecule has 0 atom stereocenters. The zero-order valence-corrected chi connectivity index (χ0v) is 10.7. The second-order valence-corrected chi connectivity index (χ2v) is 4.36. The molecule has 20 heavy (non-hydrogen) atoms. The summed E-state index contributed by atoms with van der Waals surface area (Å²) < 4.78 is 20.5. The number of benzene rings is 1. The van der Waals surface area contributed by atoms with Crippen molar-refractivity contribution in [1.82, 2.24) is 4.57 Å². The number of hydrogen-bond acceptors (Lipinski definition) is 3. The van der Waals surface area contributed by atoms with E-state index in [4.69, 9.17) is 4.74 Å². The van der Waals surface area contributed by atoms with Crippen molar-refractivity contribution in [3.05, 3.63) is 65.4 Å². The van der Waals surface area contributed by atoms with Gasteiger partial charge in [0.2, 0.25) is 5.90 Å². The monoisotopic (exact) mass is 270 g/mol. The number of hydrogen-bond donors (Lipinski definition) is 0. The van der Waals surface area contributed by atoms with Gasteiger partial charge in [-0.3, -0.25) is 0 Å². The maximum atomic E-state index is 13.6. The normalized spacial score (nSPS) is 16.4. The second-order valence-electron chi connectivity index (χ2n) is 4.36. The second kappa shape index (κ2) is 4.77. The molecule has 0 radical (unpaired) electrons. The van der Waals surface area contributed by atoms with Gasteiger partial charge in [0.1, 0.15) is 5.82 Å². The summed E-state index contributed by atoms with van der Waals surface area (Å²) in [5.74, 6) is -1.06. The van der Waals surface area contributed by atoms with E-state index in [2.05, 4.69) is 4.99 Å². The van der Waals surface area contributed by atoms with E-state index in [9.17, 15) is 9.18 Å². The Labute approximate surface area is 114 Å². The fourth-order valence-corrected chi connectivity index (χ4v) is 1.92. The van der Waals surface area contributed by atoms with Gasteiger partial charge in [0.15, 0.2) is 5.70 Å². The van der Waals surface area contributed by atoms with Crippen LogP contribution in [0.2, 0.25) is 0 Å². The molecular formula is C15H11FN2O2. The number of rotatable bonds is 2. The van der Waals surface area contributed by atoms with Crippen LogP contribution in [0.5, 0.6) is 0 Å². The molecule has 0 fully saturated rings. The topological polar surface area (TPSA) is 43.6 Å².